The molecule has 0 spiro atoms. The Morgan fingerprint density at radius 2 is 1.17 bits per heavy atom. The van der Waals surface area contributed by atoms with Crippen LogP contribution in [0.15, 0.2) is 120 Å². The van der Waals surface area contributed by atoms with Gasteiger partial charge in [0, 0.05) is 38.4 Å². The summed E-state index contributed by atoms with van der Waals surface area (Å²) in [6, 6.07) is 41.3. The van der Waals surface area contributed by atoms with Crippen LogP contribution in [-0.4, -0.2) is 4.57 Å². The minimum atomic E-state index is 0.926. The van der Waals surface area contributed by atoms with Gasteiger partial charge in [-0.25, -0.2) is 0 Å². The molecule has 6 aromatic carbocycles. The summed E-state index contributed by atoms with van der Waals surface area (Å²) >= 11 is 0. The Labute approximate surface area is 206 Å². The molecule has 0 bridgehead atoms. The number of hydrogen-bond acceptors (Lipinski definition) is 1. The van der Waals surface area contributed by atoms with Crippen LogP contribution in [0.2, 0.25) is 0 Å². The molecule has 9 rings (SSSR count). The molecule has 0 saturated carbocycles. The number of fused-ring (bicyclic) bond motifs is 12. The number of benzene rings is 6. The van der Waals surface area contributed by atoms with E-state index >= 15 is 0 Å². The average molecular weight is 458 g/mol. The molecule has 166 valence electrons. The van der Waals surface area contributed by atoms with E-state index in [1.807, 2.05) is 0 Å². The molecule has 2 nitrogen and oxygen atoms in total. The molecular formula is C34H19NO. The van der Waals surface area contributed by atoms with E-state index in [0.29, 0.717) is 0 Å². The topological polar surface area (TPSA) is 18.1 Å². The molecule has 2 heterocycles. The lowest BCUT2D eigenvalue weighted by molar-refractivity contribution is 0.671. The van der Waals surface area contributed by atoms with E-state index in [9.17, 15) is 0 Å². The number of rotatable bonds is 1. The van der Waals surface area contributed by atoms with Crippen molar-refractivity contribution < 1.29 is 4.42 Å². The van der Waals surface area contributed by atoms with Crippen molar-refractivity contribution in [3.63, 3.8) is 0 Å². The van der Waals surface area contributed by atoms with Gasteiger partial charge in [0.15, 0.2) is 5.58 Å². The molecule has 0 aliphatic heterocycles. The molecule has 0 N–H and O–H groups in total. The fourth-order valence-corrected chi connectivity index (χ4v) is 6.56. The fourth-order valence-electron chi connectivity index (χ4n) is 6.56. The zero-order chi connectivity index (χ0) is 23.4. The lowest BCUT2D eigenvalue weighted by atomic mass is 9.93. The molecular weight excluding hydrogens is 438 g/mol. The van der Waals surface area contributed by atoms with Gasteiger partial charge < -0.3 is 8.98 Å². The fraction of sp³-hybridized carbons (Fsp3) is 0. The number of furan rings is 1. The number of aromatic nitrogens is 1. The summed E-state index contributed by atoms with van der Waals surface area (Å²) < 4.78 is 9.14. The quantitative estimate of drug-likeness (QED) is 0.240. The Bertz CT molecular complexity index is 2190. The molecule has 0 atom stereocenters. The van der Waals surface area contributed by atoms with Gasteiger partial charge in [-0.2, -0.15) is 0 Å². The summed E-state index contributed by atoms with van der Waals surface area (Å²) in [7, 11) is 0. The second kappa shape index (κ2) is 6.44. The van der Waals surface area contributed by atoms with Gasteiger partial charge in [0.1, 0.15) is 5.58 Å². The molecule has 0 saturated heterocycles. The lowest BCUT2D eigenvalue weighted by Gasteiger charge is -2.11. The summed E-state index contributed by atoms with van der Waals surface area (Å²) in [6.45, 7) is 0. The highest BCUT2D eigenvalue weighted by Crippen LogP contribution is 2.57. The predicted molar refractivity (Wildman–Crippen MR) is 150 cm³/mol. The van der Waals surface area contributed by atoms with Crippen LogP contribution in [0.25, 0.3) is 82.5 Å². The molecule has 1 aliphatic rings. The smallest absolute Gasteiger partial charge is 0.160 e. The number of hydrogen-bond donors (Lipinski definition) is 0. The van der Waals surface area contributed by atoms with Crippen molar-refractivity contribution in [1.82, 2.24) is 4.57 Å². The highest BCUT2D eigenvalue weighted by atomic mass is 16.3. The van der Waals surface area contributed by atoms with Gasteiger partial charge >= 0.3 is 0 Å². The average Bonchev–Trinajstić information content (AvgIpc) is 3.59. The van der Waals surface area contributed by atoms with Gasteiger partial charge in [0.2, 0.25) is 0 Å². The van der Waals surface area contributed by atoms with Gasteiger partial charge in [-0.05, 0) is 46.2 Å². The minimum Gasteiger partial charge on any atom is -0.454 e. The summed E-state index contributed by atoms with van der Waals surface area (Å²) in [4.78, 5) is 0. The van der Waals surface area contributed by atoms with Gasteiger partial charge in [-0.3, -0.25) is 0 Å². The SMILES string of the molecule is c1ccc(-n2c3ccccc3c3c4c(c5c6ccccc6oc5c32)-c2cccc3cccc-4c23)cc1. The summed E-state index contributed by atoms with van der Waals surface area (Å²) in [6.07, 6.45) is 0. The van der Waals surface area contributed by atoms with Gasteiger partial charge in [-0.15, -0.1) is 0 Å². The first-order valence-corrected chi connectivity index (χ1v) is 12.4. The monoisotopic (exact) mass is 457 g/mol. The lowest BCUT2D eigenvalue weighted by Crippen LogP contribution is -1.94. The van der Waals surface area contributed by atoms with Crippen molar-refractivity contribution in [3.05, 3.63) is 115 Å². The normalized spacial score (nSPS) is 12.4. The van der Waals surface area contributed by atoms with Crippen molar-refractivity contribution in [1.29, 1.82) is 0 Å². The first kappa shape index (κ1) is 18.5. The molecule has 0 amide bonds. The largest absolute Gasteiger partial charge is 0.454 e. The van der Waals surface area contributed by atoms with Crippen LogP contribution in [0.3, 0.4) is 0 Å². The van der Waals surface area contributed by atoms with Gasteiger partial charge in [0.05, 0.1) is 11.0 Å². The van der Waals surface area contributed by atoms with Crippen molar-refractivity contribution >= 4 is 54.5 Å². The molecule has 0 fully saturated rings. The van der Waals surface area contributed by atoms with E-state index in [1.165, 1.54) is 60.1 Å². The first-order chi connectivity index (χ1) is 17.9. The predicted octanol–water partition coefficient (Wildman–Crippen LogP) is 9.48. The third kappa shape index (κ3) is 2.09. The molecule has 0 radical (unpaired) electrons. The Morgan fingerprint density at radius 1 is 0.500 bits per heavy atom. The minimum absolute atomic E-state index is 0.926. The molecule has 36 heavy (non-hydrogen) atoms. The van der Waals surface area contributed by atoms with Crippen molar-refractivity contribution in [2.75, 3.05) is 0 Å². The molecule has 1 aliphatic carbocycles. The number of para-hydroxylation sites is 3. The van der Waals surface area contributed by atoms with Crippen LogP contribution in [0.1, 0.15) is 0 Å². The Hall–Kier alpha value is -4.82. The standard InChI is InChI=1S/C34H19NO/c1-2-12-21(13-3-1)35-26-18-6-4-14-22(26)31-29-24-16-8-10-20-11-9-17-25(28(20)24)30(29)32-23-15-5-7-19-27(23)36-34(32)33(31)35/h1-19H. The Balaban J connectivity index is 1.67. The maximum atomic E-state index is 6.76. The van der Waals surface area contributed by atoms with E-state index in [2.05, 4.69) is 120 Å². The van der Waals surface area contributed by atoms with Gasteiger partial charge in [0.25, 0.3) is 0 Å². The maximum Gasteiger partial charge on any atom is 0.160 e. The van der Waals surface area contributed by atoms with Crippen molar-refractivity contribution in [2.45, 2.75) is 0 Å². The third-order valence-corrected chi connectivity index (χ3v) is 7.89. The number of nitrogens with zero attached hydrogens (tertiary/aromatic N) is 1. The van der Waals surface area contributed by atoms with Crippen LogP contribution in [0.4, 0.5) is 0 Å². The maximum absolute atomic E-state index is 6.76. The molecule has 8 aromatic rings. The highest BCUT2D eigenvalue weighted by Gasteiger charge is 2.32. The second-order valence-corrected chi connectivity index (χ2v) is 9.67. The van der Waals surface area contributed by atoms with Crippen LogP contribution < -0.4 is 0 Å². The van der Waals surface area contributed by atoms with E-state index in [-0.39, 0.29) is 0 Å². The summed E-state index contributed by atoms with van der Waals surface area (Å²) in [5.74, 6) is 0. The molecule has 0 unspecified atom stereocenters. The third-order valence-electron chi connectivity index (χ3n) is 7.89. The van der Waals surface area contributed by atoms with E-state index < -0.39 is 0 Å². The highest BCUT2D eigenvalue weighted by molar-refractivity contribution is 6.36. The zero-order valence-corrected chi connectivity index (χ0v) is 19.3. The Morgan fingerprint density at radius 3 is 1.97 bits per heavy atom. The van der Waals surface area contributed by atoms with Gasteiger partial charge in [-0.1, -0.05) is 91.0 Å². The van der Waals surface area contributed by atoms with Crippen LogP contribution >= 0.6 is 0 Å². The van der Waals surface area contributed by atoms with E-state index in [1.54, 1.807) is 0 Å². The zero-order valence-electron chi connectivity index (χ0n) is 19.3. The van der Waals surface area contributed by atoms with E-state index in [0.717, 1.165) is 22.4 Å². The second-order valence-electron chi connectivity index (χ2n) is 9.67. The summed E-state index contributed by atoms with van der Waals surface area (Å²) in [5.41, 5.74) is 10.6. The van der Waals surface area contributed by atoms with E-state index in [4.69, 9.17) is 4.42 Å². The molecule has 2 heteroatoms. The van der Waals surface area contributed by atoms with Crippen LogP contribution in [0.5, 0.6) is 0 Å². The Kier molecular flexibility index (Phi) is 3.31. The van der Waals surface area contributed by atoms with Crippen molar-refractivity contribution in [3.8, 4) is 27.9 Å². The van der Waals surface area contributed by atoms with Crippen molar-refractivity contribution in [2.24, 2.45) is 0 Å². The molecule has 2 aromatic heterocycles. The van der Waals surface area contributed by atoms with Crippen LogP contribution in [0, 0.1) is 0 Å². The first-order valence-electron chi connectivity index (χ1n) is 12.4. The summed E-state index contributed by atoms with van der Waals surface area (Å²) in [5, 5.41) is 7.50. The van der Waals surface area contributed by atoms with Crippen LogP contribution in [-0.2, 0) is 0 Å².